The van der Waals surface area contributed by atoms with Crippen LogP contribution in [-0.4, -0.2) is 107 Å². The SMILES string of the molecule is C=C(C)C(=O)OC(F)(C(F)(F)C(F)(F)C(F)(F)C(F)(F)F)C(F)(F)C(F)(F)C(F)(F)C(F)(F)C(F)(F)C(F)(F)C(F)(F)C(F)(F)C(F)(F)C(F)(C(F)(F)F)C(F)(F)F. The maximum Gasteiger partial charge on any atom is 0.460 e. The molecule has 37 heteroatoms. The minimum absolute atomic E-state index is 0.360. The molecule has 0 aromatic heterocycles. The van der Waals surface area contributed by atoms with Crippen molar-refractivity contribution in [3.05, 3.63) is 12.2 Å². The highest BCUT2D eigenvalue weighted by atomic mass is 19.5. The number of alkyl halides is 35. The Morgan fingerprint density at radius 2 is 0.500 bits per heavy atom. The predicted octanol–water partition coefficient (Wildman–Crippen LogP) is 11.8. The number of hydrogen-bond acceptors (Lipinski definition) is 2. The standard InChI is InChI=1S/C21H5F35O2/c1-3(2)4(57)58-18(47,16(43,44)14(39,40)17(45,46)21(54,55)56)15(41,42)13(37,38)12(35,36)11(33,34)10(31,32)9(29,30)8(27,28)7(25,26)6(23,24)5(22,19(48,49)50)20(51,52)53/h1H2,2H3. The summed E-state index contributed by atoms with van der Waals surface area (Å²) >= 11 is 0. The predicted molar refractivity (Wildman–Crippen MR) is 106 cm³/mol. The highest BCUT2D eigenvalue weighted by molar-refractivity contribution is 5.87. The van der Waals surface area contributed by atoms with Gasteiger partial charge in [-0.2, -0.15) is 149 Å². The zero-order valence-corrected chi connectivity index (χ0v) is 25.3. The van der Waals surface area contributed by atoms with Crippen LogP contribution >= 0.6 is 0 Å². The van der Waals surface area contributed by atoms with Gasteiger partial charge in [0.15, 0.2) is 0 Å². The van der Waals surface area contributed by atoms with Gasteiger partial charge in [0.1, 0.15) is 0 Å². The first-order chi connectivity index (χ1) is 24.3. The Bertz CT molecular complexity index is 1540. The first-order valence-corrected chi connectivity index (χ1v) is 12.3. The summed E-state index contributed by atoms with van der Waals surface area (Å²) in [5, 5.41) is 0. The highest BCUT2D eigenvalue weighted by Gasteiger charge is 3.03. The molecule has 0 aliphatic carbocycles. The van der Waals surface area contributed by atoms with Crippen LogP contribution in [0.15, 0.2) is 12.2 Å². The van der Waals surface area contributed by atoms with E-state index in [0.717, 1.165) is 0 Å². The topological polar surface area (TPSA) is 26.3 Å². The summed E-state index contributed by atoms with van der Waals surface area (Å²) < 4.78 is 479. The van der Waals surface area contributed by atoms with Crippen LogP contribution in [0.5, 0.6) is 0 Å². The molecule has 0 fully saturated rings. The van der Waals surface area contributed by atoms with Crippen molar-refractivity contribution in [1.82, 2.24) is 0 Å². The van der Waals surface area contributed by atoms with Crippen LogP contribution in [0, 0.1) is 0 Å². The average Bonchev–Trinajstić information content (AvgIpc) is 2.97. The Kier molecular flexibility index (Phi) is 12.6. The van der Waals surface area contributed by atoms with Crippen LogP contribution in [0.2, 0.25) is 0 Å². The largest absolute Gasteiger partial charge is 0.460 e. The van der Waals surface area contributed by atoms with E-state index in [0.29, 0.717) is 0 Å². The molecule has 0 spiro atoms. The Balaban J connectivity index is 8.34. The fraction of sp³-hybridized carbons (Fsp3) is 0.857. The third-order valence-electron chi connectivity index (χ3n) is 6.90. The fourth-order valence-electron chi connectivity index (χ4n) is 3.43. The molecule has 0 heterocycles. The Hall–Kier alpha value is -3.24. The minimum Gasteiger partial charge on any atom is -0.413 e. The van der Waals surface area contributed by atoms with Gasteiger partial charge in [0.2, 0.25) is 0 Å². The number of rotatable bonds is 15. The quantitative estimate of drug-likeness (QED) is 0.0929. The van der Waals surface area contributed by atoms with Crippen molar-refractivity contribution in [3.63, 3.8) is 0 Å². The molecule has 2 nitrogen and oxygen atoms in total. The molecular formula is C21H5F35O2. The Labute approximate surface area is 290 Å². The van der Waals surface area contributed by atoms with Crippen LogP contribution in [0.25, 0.3) is 0 Å². The molecule has 0 radical (unpaired) electrons. The number of esters is 1. The lowest BCUT2D eigenvalue weighted by Gasteiger charge is -2.48. The van der Waals surface area contributed by atoms with Crippen LogP contribution in [-0.2, 0) is 9.53 Å². The lowest BCUT2D eigenvalue weighted by atomic mass is 9.81. The summed E-state index contributed by atoms with van der Waals surface area (Å²) in [7, 11) is 0. The Morgan fingerprint density at radius 1 is 0.310 bits per heavy atom. The summed E-state index contributed by atoms with van der Waals surface area (Å²) in [6.07, 6.45) is -26.3. The van der Waals surface area contributed by atoms with Crippen molar-refractivity contribution >= 4 is 5.97 Å². The number of hydrogen-bond donors (Lipinski definition) is 0. The molecule has 58 heavy (non-hydrogen) atoms. The fourth-order valence-corrected chi connectivity index (χ4v) is 3.43. The third-order valence-corrected chi connectivity index (χ3v) is 6.90. The van der Waals surface area contributed by atoms with Crippen molar-refractivity contribution in [1.29, 1.82) is 0 Å². The molecule has 0 aromatic rings. The number of halogens is 35. The van der Waals surface area contributed by atoms with Gasteiger partial charge in [-0.15, -0.1) is 0 Å². The number of carbonyl (C=O) groups excluding carboxylic acids is 1. The van der Waals surface area contributed by atoms with Gasteiger partial charge >= 0.3 is 107 Å². The average molecular weight is 954 g/mol. The summed E-state index contributed by atoms with van der Waals surface area (Å²) in [6, 6.07) is 0. The van der Waals surface area contributed by atoms with Crippen LogP contribution in [0.4, 0.5) is 154 Å². The zero-order valence-electron chi connectivity index (χ0n) is 25.3. The van der Waals surface area contributed by atoms with E-state index in [-0.39, 0.29) is 6.92 Å². The minimum atomic E-state index is -10.4. The van der Waals surface area contributed by atoms with E-state index < -0.39 is 113 Å². The number of carbonyl (C=O) groups is 1. The van der Waals surface area contributed by atoms with Gasteiger partial charge in [0, 0.05) is 5.57 Å². The molecule has 0 saturated carbocycles. The van der Waals surface area contributed by atoms with Crippen LogP contribution in [0.1, 0.15) is 6.92 Å². The third kappa shape index (κ3) is 6.30. The van der Waals surface area contributed by atoms with E-state index in [1.54, 1.807) is 4.74 Å². The van der Waals surface area contributed by atoms with Crippen LogP contribution in [0.3, 0.4) is 0 Å². The number of ether oxygens (including phenoxy) is 1. The van der Waals surface area contributed by atoms with Crippen molar-refractivity contribution in [2.75, 3.05) is 0 Å². The van der Waals surface area contributed by atoms with E-state index in [4.69, 9.17) is 0 Å². The van der Waals surface area contributed by atoms with E-state index in [2.05, 4.69) is 0 Å². The summed E-state index contributed by atoms with van der Waals surface area (Å²) in [4.78, 5) is 11.3. The summed E-state index contributed by atoms with van der Waals surface area (Å²) in [5.74, 6) is -133. The van der Waals surface area contributed by atoms with E-state index >= 15 is 4.39 Å². The van der Waals surface area contributed by atoms with Gasteiger partial charge in [-0.1, -0.05) is 6.58 Å². The normalized spacial score (nSPS) is 17.6. The molecule has 1 atom stereocenters. The molecule has 0 saturated heterocycles. The molecule has 0 aromatic carbocycles. The molecule has 0 N–H and O–H groups in total. The highest BCUT2D eigenvalue weighted by Crippen LogP contribution is 2.70. The van der Waals surface area contributed by atoms with Gasteiger partial charge in [0.05, 0.1) is 0 Å². The maximum absolute atomic E-state index is 15.0. The molecule has 0 amide bonds. The zero-order chi connectivity index (χ0) is 48.4. The molecule has 0 aliphatic rings. The van der Waals surface area contributed by atoms with E-state index in [1.165, 1.54) is 0 Å². The first kappa shape index (κ1) is 54.8. The molecule has 346 valence electrons. The van der Waals surface area contributed by atoms with Gasteiger partial charge in [-0.25, -0.2) is 9.18 Å². The maximum atomic E-state index is 15.0. The molecule has 0 bridgehead atoms. The smallest absolute Gasteiger partial charge is 0.413 e. The van der Waals surface area contributed by atoms with E-state index in [9.17, 15) is 154 Å². The molecule has 0 aliphatic heterocycles. The van der Waals surface area contributed by atoms with Gasteiger partial charge in [-0.3, -0.25) is 0 Å². The van der Waals surface area contributed by atoms with Crippen molar-refractivity contribution in [2.24, 2.45) is 0 Å². The monoisotopic (exact) mass is 954 g/mol. The summed E-state index contributed by atoms with van der Waals surface area (Å²) in [5.41, 5.74) is -11.8. The van der Waals surface area contributed by atoms with Gasteiger partial charge in [0.25, 0.3) is 0 Å². The van der Waals surface area contributed by atoms with Crippen molar-refractivity contribution in [2.45, 2.75) is 108 Å². The second-order valence-corrected chi connectivity index (χ2v) is 10.8. The lowest BCUT2D eigenvalue weighted by molar-refractivity contribution is -0.500. The van der Waals surface area contributed by atoms with E-state index in [1.807, 2.05) is 6.58 Å². The molecule has 0 rings (SSSR count). The second kappa shape index (κ2) is 13.4. The lowest BCUT2D eigenvalue weighted by Crippen LogP contribution is -2.81. The van der Waals surface area contributed by atoms with Crippen molar-refractivity contribution < 1.29 is 163 Å². The van der Waals surface area contributed by atoms with Crippen LogP contribution < -0.4 is 0 Å². The van der Waals surface area contributed by atoms with Gasteiger partial charge < -0.3 is 4.74 Å². The Morgan fingerprint density at radius 3 is 0.690 bits per heavy atom. The van der Waals surface area contributed by atoms with Crippen molar-refractivity contribution in [3.8, 4) is 0 Å². The molecular weight excluding hydrogens is 949 g/mol. The first-order valence-electron chi connectivity index (χ1n) is 12.3. The summed E-state index contributed by atoms with van der Waals surface area (Å²) in [6.45, 7) is 1.59. The van der Waals surface area contributed by atoms with Gasteiger partial charge in [-0.05, 0) is 6.92 Å². The second-order valence-electron chi connectivity index (χ2n) is 10.8. The molecule has 1 unspecified atom stereocenters.